The molecule has 0 amide bonds. The van der Waals surface area contributed by atoms with Gasteiger partial charge in [0.15, 0.2) is 11.6 Å². The van der Waals surface area contributed by atoms with Gasteiger partial charge in [-0.15, -0.1) is 0 Å². The number of carbonyl (C=O) groups excluding carboxylic acids is 2. The second-order valence-electron chi connectivity index (χ2n) is 5.41. The number of benzene rings is 2. The lowest BCUT2D eigenvalue weighted by atomic mass is 10.0. The second-order valence-corrected chi connectivity index (χ2v) is 5.41. The lowest BCUT2D eigenvalue weighted by Crippen LogP contribution is -2.02. The molecule has 25 heavy (non-hydrogen) atoms. The standard InChI is InChI=1S/C23H20O2/c1-2-3-14-22(24)18-23(25)16-15-21(20-12-8-5-9-13-20)17-19-10-6-4-7-11-19/h2-17H,1,18H2/b14-3+,16-15+,21-17-. The molecule has 2 nitrogen and oxygen atoms in total. The van der Waals surface area contributed by atoms with Gasteiger partial charge in [0.25, 0.3) is 0 Å². The van der Waals surface area contributed by atoms with Crippen LogP contribution in [0.5, 0.6) is 0 Å². The van der Waals surface area contributed by atoms with Gasteiger partial charge in [0.1, 0.15) is 0 Å². The van der Waals surface area contributed by atoms with Crippen LogP contribution in [0.25, 0.3) is 11.6 Å². The Morgan fingerprint density at radius 2 is 1.40 bits per heavy atom. The largest absolute Gasteiger partial charge is 0.294 e. The predicted octanol–water partition coefficient (Wildman–Crippen LogP) is 5.05. The molecule has 2 rings (SSSR count). The molecule has 2 aromatic carbocycles. The maximum absolute atomic E-state index is 12.0. The SMILES string of the molecule is C=C/C=C/C(=O)CC(=O)/C=C/C(=C/c1ccccc1)c1ccccc1. The van der Waals surface area contributed by atoms with Crippen LogP contribution in [0, 0.1) is 0 Å². The van der Waals surface area contributed by atoms with Crippen LogP contribution < -0.4 is 0 Å². The fourth-order valence-corrected chi connectivity index (χ4v) is 2.23. The molecule has 0 bridgehead atoms. The number of ketones is 2. The predicted molar refractivity (Wildman–Crippen MR) is 104 cm³/mol. The minimum atomic E-state index is -0.233. The summed E-state index contributed by atoms with van der Waals surface area (Å²) in [7, 11) is 0. The molecule has 0 heterocycles. The number of hydrogen-bond donors (Lipinski definition) is 0. The lowest BCUT2D eigenvalue weighted by Gasteiger charge is -2.03. The molecule has 2 aromatic rings. The van der Waals surface area contributed by atoms with Crippen molar-refractivity contribution in [3.8, 4) is 0 Å². The molecule has 0 saturated carbocycles. The van der Waals surface area contributed by atoms with E-state index in [1.54, 1.807) is 6.08 Å². The highest BCUT2D eigenvalue weighted by atomic mass is 16.1. The van der Waals surface area contributed by atoms with E-state index in [4.69, 9.17) is 0 Å². The number of rotatable bonds is 8. The fourth-order valence-electron chi connectivity index (χ4n) is 2.23. The highest BCUT2D eigenvalue weighted by Gasteiger charge is 2.04. The van der Waals surface area contributed by atoms with E-state index in [0.717, 1.165) is 16.7 Å². The summed E-state index contributed by atoms with van der Waals surface area (Å²) >= 11 is 0. The summed E-state index contributed by atoms with van der Waals surface area (Å²) in [5.41, 5.74) is 2.96. The molecule has 0 aromatic heterocycles. The average Bonchev–Trinajstić information content (AvgIpc) is 2.65. The van der Waals surface area contributed by atoms with E-state index in [0.29, 0.717) is 0 Å². The van der Waals surface area contributed by atoms with Crippen molar-refractivity contribution in [1.29, 1.82) is 0 Å². The number of hydrogen-bond acceptors (Lipinski definition) is 2. The van der Waals surface area contributed by atoms with Crippen molar-refractivity contribution in [1.82, 2.24) is 0 Å². The third-order valence-corrected chi connectivity index (χ3v) is 3.44. The Morgan fingerprint density at radius 1 is 0.800 bits per heavy atom. The number of allylic oxidation sites excluding steroid dienone is 6. The van der Waals surface area contributed by atoms with E-state index in [1.807, 2.05) is 66.7 Å². The van der Waals surface area contributed by atoms with Gasteiger partial charge in [-0.25, -0.2) is 0 Å². The molecule has 0 aliphatic heterocycles. The molecule has 0 fully saturated rings. The highest BCUT2D eigenvalue weighted by Crippen LogP contribution is 2.19. The summed E-state index contributed by atoms with van der Waals surface area (Å²) in [6.07, 6.45) is 9.48. The number of carbonyl (C=O) groups is 2. The Bertz CT molecular complexity index is 810. The Balaban J connectivity index is 2.21. The van der Waals surface area contributed by atoms with Crippen molar-refractivity contribution in [3.63, 3.8) is 0 Å². The lowest BCUT2D eigenvalue weighted by molar-refractivity contribution is -0.121. The van der Waals surface area contributed by atoms with Crippen molar-refractivity contribution in [3.05, 3.63) is 109 Å². The minimum absolute atomic E-state index is 0.145. The first-order valence-corrected chi connectivity index (χ1v) is 8.04. The molecule has 0 spiro atoms. The zero-order valence-corrected chi connectivity index (χ0v) is 14.0. The summed E-state index contributed by atoms with van der Waals surface area (Å²) in [6, 6.07) is 19.7. The maximum Gasteiger partial charge on any atom is 0.163 e. The minimum Gasteiger partial charge on any atom is -0.294 e. The normalized spacial score (nSPS) is 11.8. The summed E-state index contributed by atoms with van der Waals surface area (Å²) in [4.78, 5) is 23.6. The Kier molecular flexibility index (Phi) is 7.08. The van der Waals surface area contributed by atoms with Crippen molar-refractivity contribution in [2.45, 2.75) is 6.42 Å². The average molecular weight is 328 g/mol. The first-order chi connectivity index (χ1) is 12.2. The molecule has 0 unspecified atom stereocenters. The fraction of sp³-hybridized carbons (Fsp3) is 0.0435. The van der Waals surface area contributed by atoms with Crippen molar-refractivity contribution >= 4 is 23.2 Å². The van der Waals surface area contributed by atoms with Gasteiger partial charge in [0.2, 0.25) is 0 Å². The third kappa shape index (κ3) is 6.40. The van der Waals surface area contributed by atoms with Crippen LogP contribution in [-0.2, 0) is 9.59 Å². The van der Waals surface area contributed by atoms with Crippen LogP contribution in [-0.4, -0.2) is 11.6 Å². The van der Waals surface area contributed by atoms with Crippen LogP contribution in [0.1, 0.15) is 17.5 Å². The summed E-state index contributed by atoms with van der Waals surface area (Å²) in [6.45, 7) is 3.50. The van der Waals surface area contributed by atoms with Crippen LogP contribution in [0.2, 0.25) is 0 Å². The second kappa shape index (κ2) is 9.78. The molecule has 0 aliphatic rings. The molecular weight excluding hydrogens is 308 g/mol. The van der Waals surface area contributed by atoms with Gasteiger partial charge in [-0.3, -0.25) is 9.59 Å². The van der Waals surface area contributed by atoms with Gasteiger partial charge < -0.3 is 0 Å². The highest BCUT2D eigenvalue weighted by molar-refractivity contribution is 6.09. The van der Waals surface area contributed by atoms with E-state index in [-0.39, 0.29) is 18.0 Å². The molecule has 0 radical (unpaired) electrons. The summed E-state index contributed by atoms with van der Waals surface area (Å²) in [5.74, 6) is -0.462. The molecule has 0 N–H and O–H groups in total. The van der Waals surface area contributed by atoms with Crippen molar-refractivity contribution < 1.29 is 9.59 Å². The van der Waals surface area contributed by atoms with E-state index in [2.05, 4.69) is 6.58 Å². The first-order valence-electron chi connectivity index (χ1n) is 8.04. The Morgan fingerprint density at radius 3 is 2.04 bits per heavy atom. The Hall–Kier alpha value is -3.26. The quantitative estimate of drug-likeness (QED) is 0.294. The van der Waals surface area contributed by atoms with Crippen LogP contribution in [0.4, 0.5) is 0 Å². The molecular formula is C23H20O2. The first kappa shape index (κ1) is 18.1. The van der Waals surface area contributed by atoms with Gasteiger partial charge >= 0.3 is 0 Å². The van der Waals surface area contributed by atoms with E-state index >= 15 is 0 Å². The summed E-state index contributed by atoms with van der Waals surface area (Å²) in [5, 5.41) is 0. The molecule has 0 saturated heterocycles. The van der Waals surface area contributed by atoms with Crippen LogP contribution >= 0.6 is 0 Å². The molecule has 124 valence electrons. The summed E-state index contributed by atoms with van der Waals surface area (Å²) < 4.78 is 0. The molecule has 2 heteroatoms. The maximum atomic E-state index is 12.0. The topological polar surface area (TPSA) is 34.1 Å². The Labute approximate surface area is 148 Å². The smallest absolute Gasteiger partial charge is 0.163 e. The van der Waals surface area contributed by atoms with Crippen molar-refractivity contribution in [2.75, 3.05) is 0 Å². The van der Waals surface area contributed by atoms with Gasteiger partial charge in [0.05, 0.1) is 6.42 Å². The van der Waals surface area contributed by atoms with Gasteiger partial charge in [-0.1, -0.05) is 85.5 Å². The molecule has 0 aliphatic carbocycles. The zero-order chi connectivity index (χ0) is 17.9. The van der Waals surface area contributed by atoms with Gasteiger partial charge in [-0.2, -0.15) is 0 Å². The van der Waals surface area contributed by atoms with Gasteiger partial charge in [-0.05, 0) is 34.9 Å². The van der Waals surface area contributed by atoms with E-state index in [1.165, 1.54) is 24.3 Å². The van der Waals surface area contributed by atoms with Gasteiger partial charge in [0, 0.05) is 0 Å². The monoisotopic (exact) mass is 328 g/mol. The van der Waals surface area contributed by atoms with E-state index < -0.39 is 0 Å². The zero-order valence-electron chi connectivity index (χ0n) is 14.0. The molecule has 0 atom stereocenters. The third-order valence-electron chi connectivity index (χ3n) is 3.44. The van der Waals surface area contributed by atoms with Crippen LogP contribution in [0.15, 0.2) is 97.6 Å². The van der Waals surface area contributed by atoms with Crippen molar-refractivity contribution in [2.24, 2.45) is 0 Å². The van der Waals surface area contributed by atoms with E-state index in [9.17, 15) is 9.59 Å². The van der Waals surface area contributed by atoms with Crippen LogP contribution in [0.3, 0.4) is 0 Å².